The van der Waals surface area contributed by atoms with E-state index < -0.39 is 17.6 Å². The standard InChI is InChI=1S/C20H26N2O4/c1-2-26-17(23)14-22-18(24)16(13-15-9-5-3-6-10-15)21-20(19(22)25)11-7-4-8-12-20/h3,5-6,9-10,16,21H,2,4,7-8,11-14H2,1H3/t16-/m0/s1. The van der Waals surface area contributed by atoms with Crippen molar-refractivity contribution in [1.29, 1.82) is 0 Å². The van der Waals surface area contributed by atoms with Crippen LogP contribution in [0.15, 0.2) is 30.3 Å². The number of carbonyl (C=O) groups is 3. The van der Waals surface area contributed by atoms with Crippen LogP contribution in [0.1, 0.15) is 44.6 Å². The van der Waals surface area contributed by atoms with E-state index in [2.05, 4.69) is 5.32 Å². The zero-order chi connectivity index (χ0) is 18.6. The number of esters is 1. The van der Waals surface area contributed by atoms with E-state index in [1.807, 2.05) is 30.3 Å². The van der Waals surface area contributed by atoms with Crippen molar-refractivity contribution in [2.24, 2.45) is 0 Å². The molecule has 0 unspecified atom stereocenters. The first kappa shape index (κ1) is 18.6. The van der Waals surface area contributed by atoms with Gasteiger partial charge in [0.2, 0.25) is 11.8 Å². The largest absolute Gasteiger partial charge is 0.465 e. The predicted molar refractivity (Wildman–Crippen MR) is 96.2 cm³/mol. The first-order valence-electron chi connectivity index (χ1n) is 9.39. The molecule has 1 aliphatic heterocycles. The van der Waals surface area contributed by atoms with Crippen LogP contribution in [0.3, 0.4) is 0 Å². The maximum atomic E-state index is 13.1. The maximum Gasteiger partial charge on any atom is 0.326 e. The summed E-state index contributed by atoms with van der Waals surface area (Å²) in [6, 6.07) is 9.21. The Kier molecular flexibility index (Phi) is 5.71. The molecule has 0 bridgehead atoms. The van der Waals surface area contributed by atoms with E-state index in [0.29, 0.717) is 19.3 Å². The first-order chi connectivity index (χ1) is 12.6. The first-order valence-corrected chi connectivity index (χ1v) is 9.39. The lowest BCUT2D eigenvalue weighted by Gasteiger charge is -2.46. The van der Waals surface area contributed by atoms with Gasteiger partial charge in [0.25, 0.3) is 0 Å². The lowest BCUT2D eigenvalue weighted by Crippen LogP contribution is -2.71. The Labute approximate surface area is 153 Å². The summed E-state index contributed by atoms with van der Waals surface area (Å²) in [7, 11) is 0. The van der Waals surface area contributed by atoms with Crippen LogP contribution < -0.4 is 5.32 Å². The summed E-state index contributed by atoms with van der Waals surface area (Å²) in [6.45, 7) is 1.63. The fourth-order valence-electron chi connectivity index (χ4n) is 3.99. The average Bonchev–Trinajstić information content (AvgIpc) is 2.65. The highest BCUT2D eigenvalue weighted by Crippen LogP contribution is 2.33. The van der Waals surface area contributed by atoms with Crippen LogP contribution in [-0.4, -0.2) is 47.4 Å². The summed E-state index contributed by atoms with van der Waals surface area (Å²) >= 11 is 0. The molecule has 1 N–H and O–H groups in total. The van der Waals surface area contributed by atoms with Crippen LogP contribution >= 0.6 is 0 Å². The number of nitrogens with one attached hydrogen (secondary N) is 1. The van der Waals surface area contributed by atoms with Gasteiger partial charge in [-0.1, -0.05) is 49.6 Å². The Morgan fingerprint density at radius 2 is 1.88 bits per heavy atom. The summed E-state index contributed by atoms with van der Waals surface area (Å²) in [6.07, 6.45) is 4.86. The monoisotopic (exact) mass is 358 g/mol. The summed E-state index contributed by atoms with van der Waals surface area (Å²) in [4.78, 5) is 39.1. The third-order valence-electron chi connectivity index (χ3n) is 5.25. The molecule has 1 aromatic rings. The van der Waals surface area contributed by atoms with Crippen molar-refractivity contribution in [3.8, 4) is 0 Å². The zero-order valence-electron chi connectivity index (χ0n) is 15.2. The molecule has 1 saturated carbocycles. The molecule has 6 heteroatoms. The van der Waals surface area contributed by atoms with Crippen molar-refractivity contribution in [1.82, 2.24) is 10.2 Å². The van der Waals surface area contributed by atoms with Gasteiger partial charge in [-0.3, -0.25) is 24.6 Å². The molecule has 2 fully saturated rings. The van der Waals surface area contributed by atoms with E-state index >= 15 is 0 Å². The van der Waals surface area contributed by atoms with Gasteiger partial charge in [-0.25, -0.2) is 0 Å². The van der Waals surface area contributed by atoms with Gasteiger partial charge in [0, 0.05) is 0 Å². The van der Waals surface area contributed by atoms with Gasteiger partial charge in [-0.15, -0.1) is 0 Å². The number of ether oxygens (including phenoxy) is 1. The van der Waals surface area contributed by atoms with E-state index in [4.69, 9.17) is 4.74 Å². The number of carbonyl (C=O) groups excluding carboxylic acids is 3. The molecule has 0 radical (unpaired) electrons. The van der Waals surface area contributed by atoms with Gasteiger partial charge in [0.15, 0.2) is 0 Å². The van der Waals surface area contributed by atoms with Crippen LogP contribution in [0.2, 0.25) is 0 Å². The molecule has 3 rings (SSSR count). The van der Waals surface area contributed by atoms with Crippen molar-refractivity contribution in [3.63, 3.8) is 0 Å². The molecule has 26 heavy (non-hydrogen) atoms. The molecule has 1 spiro atoms. The third kappa shape index (κ3) is 3.80. The molecule has 1 saturated heterocycles. The van der Waals surface area contributed by atoms with Gasteiger partial charge in [0.1, 0.15) is 6.54 Å². The molecule has 2 aliphatic rings. The van der Waals surface area contributed by atoms with Crippen LogP contribution in [-0.2, 0) is 25.5 Å². The number of amides is 2. The molecular weight excluding hydrogens is 332 g/mol. The number of hydrogen-bond donors (Lipinski definition) is 1. The summed E-state index contributed by atoms with van der Waals surface area (Å²) in [5.41, 5.74) is 0.285. The third-order valence-corrected chi connectivity index (χ3v) is 5.25. The zero-order valence-corrected chi connectivity index (χ0v) is 15.2. The summed E-state index contributed by atoms with van der Waals surface area (Å²) in [5, 5.41) is 3.36. The Balaban J connectivity index is 1.85. The SMILES string of the molecule is CCOC(=O)CN1C(=O)[C@H](Cc2ccccc2)NC2(CCCCC2)C1=O. The molecule has 2 amide bonds. The molecule has 140 valence electrons. The highest BCUT2D eigenvalue weighted by atomic mass is 16.5. The minimum atomic E-state index is -0.738. The fourth-order valence-corrected chi connectivity index (χ4v) is 3.99. The Morgan fingerprint density at radius 3 is 2.54 bits per heavy atom. The minimum Gasteiger partial charge on any atom is -0.465 e. The lowest BCUT2D eigenvalue weighted by molar-refractivity contribution is -0.164. The minimum absolute atomic E-state index is 0.228. The van der Waals surface area contributed by atoms with Crippen LogP contribution in [0, 0.1) is 0 Å². The van der Waals surface area contributed by atoms with Gasteiger partial charge < -0.3 is 4.74 Å². The average molecular weight is 358 g/mol. The number of piperazine rings is 1. The van der Waals surface area contributed by atoms with Gasteiger partial charge in [-0.05, 0) is 31.7 Å². The highest BCUT2D eigenvalue weighted by molar-refractivity contribution is 6.06. The van der Waals surface area contributed by atoms with Crippen molar-refractivity contribution in [2.75, 3.05) is 13.2 Å². The second kappa shape index (κ2) is 7.99. The van der Waals surface area contributed by atoms with Crippen LogP contribution in [0.5, 0.6) is 0 Å². The Bertz CT molecular complexity index is 668. The number of rotatable bonds is 5. The fraction of sp³-hybridized carbons (Fsp3) is 0.550. The molecule has 1 heterocycles. The normalized spacial score (nSPS) is 22.5. The quantitative estimate of drug-likeness (QED) is 0.642. The van der Waals surface area contributed by atoms with E-state index in [-0.39, 0.29) is 25.0 Å². The topological polar surface area (TPSA) is 75.7 Å². The van der Waals surface area contributed by atoms with E-state index in [1.165, 1.54) is 0 Å². The number of benzene rings is 1. The number of hydrogen-bond acceptors (Lipinski definition) is 5. The summed E-state index contributed by atoms with van der Waals surface area (Å²) in [5.74, 6) is -1.16. The van der Waals surface area contributed by atoms with Crippen LogP contribution in [0.25, 0.3) is 0 Å². The predicted octanol–water partition coefficient (Wildman–Crippen LogP) is 1.82. The van der Waals surface area contributed by atoms with Gasteiger partial charge in [0.05, 0.1) is 18.2 Å². The van der Waals surface area contributed by atoms with E-state index in [1.54, 1.807) is 6.92 Å². The highest BCUT2D eigenvalue weighted by Gasteiger charge is 2.51. The lowest BCUT2D eigenvalue weighted by atomic mass is 9.77. The molecule has 6 nitrogen and oxygen atoms in total. The molecular formula is C20H26N2O4. The van der Waals surface area contributed by atoms with Gasteiger partial charge >= 0.3 is 5.97 Å². The molecule has 1 atom stereocenters. The van der Waals surface area contributed by atoms with Crippen LogP contribution in [0.4, 0.5) is 0 Å². The van der Waals surface area contributed by atoms with Crippen molar-refractivity contribution in [2.45, 2.75) is 57.0 Å². The van der Waals surface area contributed by atoms with E-state index in [9.17, 15) is 14.4 Å². The van der Waals surface area contributed by atoms with Crippen molar-refractivity contribution >= 4 is 17.8 Å². The smallest absolute Gasteiger partial charge is 0.326 e. The molecule has 0 aromatic heterocycles. The second-order valence-electron chi connectivity index (χ2n) is 7.06. The summed E-state index contributed by atoms with van der Waals surface area (Å²) < 4.78 is 4.97. The van der Waals surface area contributed by atoms with Crippen molar-refractivity contribution in [3.05, 3.63) is 35.9 Å². The Hall–Kier alpha value is -2.21. The Morgan fingerprint density at radius 1 is 1.19 bits per heavy atom. The molecule has 1 aliphatic carbocycles. The number of imide groups is 1. The maximum absolute atomic E-state index is 13.1. The molecule has 1 aromatic carbocycles. The second-order valence-corrected chi connectivity index (χ2v) is 7.06. The van der Waals surface area contributed by atoms with Gasteiger partial charge in [-0.2, -0.15) is 0 Å². The van der Waals surface area contributed by atoms with E-state index in [0.717, 1.165) is 29.7 Å². The number of nitrogens with zero attached hydrogens (tertiary/aromatic N) is 1. The van der Waals surface area contributed by atoms with Crippen molar-refractivity contribution < 1.29 is 19.1 Å².